The van der Waals surface area contributed by atoms with E-state index in [1.54, 1.807) is 24.0 Å². The van der Waals surface area contributed by atoms with Gasteiger partial charge in [0.05, 0.1) is 6.42 Å². The van der Waals surface area contributed by atoms with E-state index in [0.29, 0.717) is 11.6 Å². The lowest BCUT2D eigenvalue weighted by Gasteiger charge is -2.30. The van der Waals surface area contributed by atoms with Gasteiger partial charge in [-0.1, -0.05) is 54.4 Å². The van der Waals surface area contributed by atoms with E-state index in [2.05, 4.69) is 5.32 Å². The molecule has 0 aliphatic rings. The van der Waals surface area contributed by atoms with Crippen molar-refractivity contribution in [2.75, 3.05) is 0 Å². The highest BCUT2D eigenvalue weighted by Gasteiger charge is 2.27. The Balaban J connectivity index is 2.26. The van der Waals surface area contributed by atoms with E-state index in [-0.39, 0.29) is 24.3 Å². The number of carbonyl (C=O) groups excluding carboxylic acids is 2. The van der Waals surface area contributed by atoms with Gasteiger partial charge in [-0.05, 0) is 62.9 Å². The Labute approximate surface area is 179 Å². The Bertz CT molecular complexity index is 848. The molecule has 1 N–H and O–H groups in total. The molecule has 4 nitrogen and oxygen atoms in total. The molecule has 0 spiro atoms. The Morgan fingerprint density at radius 1 is 1.07 bits per heavy atom. The SMILES string of the molecule is CC[C@H](C)NC(=O)[C@@H](C)N(Cc1ccc(Cl)cc1)C(=O)Cc1cc(C)ccc1C. The quantitative estimate of drug-likeness (QED) is 0.672. The zero-order chi connectivity index (χ0) is 21.6. The molecular formula is C24H31ClN2O2. The molecule has 2 rings (SSSR count). The molecule has 2 atom stereocenters. The second kappa shape index (κ2) is 10.4. The van der Waals surface area contributed by atoms with Crippen LogP contribution in [0.2, 0.25) is 5.02 Å². The molecule has 0 heterocycles. The van der Waals surface area contributed by atoms with Gasteiger partial charge in [0.2, 0.25) is 11.8 Å². The van der Waals surface area contributed by atoms with Crippen LogP contribution in [0.3, 0.4) is 0 Å². The number of aryl methyl sites for hydroxylation is 2. The lowest BCUT2D eigenvalue weighted by atomic mass is 10.0. The smallest absolute Gasteiger partial charge is 0.242 e. The molecule has 0 aliphatic carbocycles. The summed E-state index contributed by atoms with van der Waals surface area (Å²) in [5.41, 5.74) is 4.12. The average molecular weight is 415 g/mol. The molecule has 0 saturated carbocycles. The number of rotatable bonds is 8. The second-order valence-corrected chi connectivity index (χ2v) is 8.19. The topological polar surface area (TPSA) is 49.4 Å². The first-order chi connectivity index (χ1) is 13.7. The van der Waals surface area contributed by atoms with E-state index in [4.69, 9.17) is 11.6 Å². The van der Waals surface area contributed by atoms with Gasteiger partial charge in [-0.3, -0.25) is 9.59 Å². The normalized spacial score (nSPS) is 12.9. The summed E-state index contributed by atoms with van der Waals surface area (Å²) in [6, 6.07) is 13.0. The van der Waals surface area contributed by atoms with Gasteiger partial charge in [0, 0.05) is 17.6 Å². The van der Waals surface area contributed by atoms with E-state index in [1.807, 2.05) is 58.0 Å². The number of amides is 2. The van der Waals surface area contributed by atoms with Crippen LogP contribution in [0.1, 0.15) is 49.4 Å². The largest absolute Gasteiger partial charge is 0.352 e. The van der Waals surface area contributed by atoms with Gasteiger partial charge in [0.15, 0.2) is 0 Å². The van der Waals surface area contributed by atoms with E-state index in [1.165, 1.54) is 0 Å². The van der Waals surface area contributed by atoms with Crippen LogP contribution in [-0.2, 0) is 22.6 Å². The summed E-state index contributed by atoms with van der Waals surface area (Å²) in [6.45, 7) is 10.1. The summed E-state index contributed by atoms with van der Waals surface area (Å²) < 4.78 is 0. The molecule has 29 heavy (non-hydrogen) atoms. The molecule has 0 saturated heterocycles. The molecule has 0 unspecified atom stereocenters. The average Bonchev–Trinajstić information content (AvgIpc) is 2.69. The fourth-order valence-electron chi connectivity index (χ4n) is 3.09. The number of nitrogens with one attached hydrogen (secondary N) is 1. The molecule has 0 fully saturated rings. The van der Waals surface area contributed by atoms with Gasteiger partial charge in [-0.25, -0.2) is 0 Å². The zero-order valence-electron chi connectivity index (χ0n) is 18.0. The summed E-state index contributed by atoms with van der Waals surface area (Å²) >= 11 is 5.99. The van der Waals surface area contributed by atoms with Crippen LogP contribution in [0.15, 0.2) is 42.5 Å². The summed E-state index contributed by atoms with van der Waals surface area (Å²) in [7, 11) is 0. The number of hydrogen-bond donors (Lipinski definition) is 1. The van der Waals surface area contributed by atoms with Gasteiger partial charge in [0.25, 0.3) is 0 Å². The Morgan fingerprint density at radius 2 is 1.72 bits per heavy atom. The van der Waals surface area contributed by atoms with E-state index in [0.717, 1.165) is 28.7 Å². The van der Waals surface area contributed by atoms with Crippen molar-refractivity contribution in [2.45, 2.75) is 66.1 Å². The molecule has 2 aromatic rings. The molecule has 0 bridgehead atoms. The Kier molecular flexibility index (Phi) is 8.27. The van der Waals surface area contributed by atoms with Crippen molar-refractivity contribution in [3.05, 3.63) is 69.7 Å². The summed E-state index contributed by atoms with van der Waals surface area (Å²) in [6.07, 6.45) is 1.11. The summed E-state index contributed by atoms with van der Waals surface area (Å²) in [4.78, 5) is 27.7. The monoisotopic (exact) mass is 414 g/mol. The lowest BCUT2D eigenvalue weighted by molar-refractivity contribution is -0.140. The lowest BCUT2D eigenvalue weighted by Crippen LogP contribution is -2.49. The molecule has 2 amide bonds. The molecule has 5 heteroatoms. The van der Waals surface area contributed by atoms with Crippen molar-refractivity contribution in [3.63, 3.8) is 0 Å². The first-order valence-electron chi connectivity index (χ1n) is 10.1. The van der Waals surface area contributed by atoms with Crippen LogP contribution in [0, 0.1) is 13.8 Å². The minimum Gasteiger partial charge on any atom is -0.352 e. The van der Waals surface area contributed by atoms with E-state index >= 15 is 0 Å². The third-order valence-electron chi connectivity index (χ3n) is 5.28. The minimum atomic E-state index is -0.572. The highest BCUT2D eigenvalue weighted by atomic mass is 35.5. The van der Waals surface area contributed by atoms with Crippen molar-refractivity contribution in [1.82, 2.24) is 10.2 Å². The summed E-state index contributed by atoms with van der Waals surface area (Å²) in [5.74, 6) is -0.205. The maximum absolute atomic E-state index is 13.3. The highest BCUT2D eigenvalue weighted by molar-refractivity contribution is 6.30. The van der Waals surface area contributed by atoms with Gasteiger partial charge in [0.1, 0.15) is 6.04 Å². The summed E-state index contributed by atoms with van der Waals surface area (Å²) in [5, 5.41) is 3.63. The first-order valence-corrected chi connectivity index (χ1v) is 10.5. The third-order valence-corrected chi connectivity index (χ3v) is 5.53. The van der Waals surface area contributed by atoms with Crippen LogP contribution >= 0.6 is 11.6 Å². The first kappa shape index (κ1) is 23.0. The second-order valence-electron chi connectivity index (χ2n) is 7.75. The molecule has 2 aromatic carbocycles. The molecule has 156 valence electrons. The minimum absolute atomic E-state index is 0.0662. The Morgan fingerprint density at radius 3 is 2.34 bits per heavy atom. The van der Waals surface area contributed by atoms with Gasteiger partial charge >= 0.3 is 0 Å². The fraction of sp³-hybridized carbons (Fsp3) is 0.417. The maximum Gasteiger partial charge on any atom is 0.242 e. The van der Waals surface area contributed by atoms with Crippen LogP contribution in [0.25, 0.3) is 0 Å². The van der Waals surface area contributed by atoms with Crippen LogP contribution in [-0.4, -0.2) is 28.8 Å². The highest BCUT2D eigenvalue weighted by Crippen LogP contribution is 2.17. The number of benzene rings is 2. The number of nitrogens with zero attached hydrogens (tertiary/aromatic N) is 1. The number of halogens is 1. The van der Waals surface area contributed by atoms with Crippen LogP contribution in [0.5, 0.6) is 0 Å². The van der Waals surface area contributed by atoms with Gasteiger partial charge < -0.3 is 10.2 Å². The standard InChI is InChI=1S/C24H31ClN2O2/c1-6-18(4)26-24(29)19(5)27(15-20-9-11-22(25)12-10-20)23(28)14-21-13-16(2)7-8-17(21)3/h7-13,18-19H,6,14-15H2,1-5H3,(H,26,29)/t18-,19+/m0/s1. The van der Waals surface area contributed by atoms with Gasteiger partial charge in [-0.2, -0.15) is 0 Å². The van der Waals surface area contributed by atoms with Crippen LogP contribution in [0.4, 0.5) is 0 Å². The molecule has 0 radical (unpaired) electrons. The maximum atomic E-state index is 13.3. The van der Waals surface area contributed by atoms with Crippen molar-refractivity contribution in [2.24, 2.45) is 0 Å². The van der Waals surface area contributed by atoms with Crippen molar-refractivity contribution in [1.29, 1.82) is 0 Å². The third kappa shape index (κ3) is 6.60. The van der Waals surface area contributed by atoms with Crippen molar-refractivity contribution < 1.29 is 9.59 Å². The van der Waals surface area contributed by atoms with Crippen molar-refractivity contribution in [3.8, 4) is 0 Å². The predicted molar refractivity (Wildman–Crippen MR) is 119 cm³/mol. The fourth-order valence-corrected chi connectivity index (χ4v) is 3.22. The zero-order valence-corrected chi connectivity index (χ0v) is 18.7. The van der Waals surface area contributed by atoms with E-state index < -0.39 is 6.04 Å². The van der Waals surface area contributed by atoms with Crippen molar-refractivity contribution >= 4 is 23.4 Å². The number of hydrogen-bond acceptors (Lipinski definition) is 2. The molecular weight excluding hydrogens is 384 g/mol. The molecule has 0 aromatic heterocycles. The van der Waals surface area contributed by atoms with Gasteiger partial charge in [-0.15, -0.1) is 0 Å². The molecule has 0 aliphatic heterocycles. The van der Waals surface area contributed by atoms with Crippen LogP contribution < -0.4 is 5.32 Å². The Hall–Kier alpha value is -2.33. The number of carbonyl (C=O) groups is 2. The van der Waals surface area contributed by atoms with E-state index in [9.17, 15) is 9.59 Å². The predicted octanol–water partition coefficient (Wildman–Crippen LogP) is 4.83.